The Morgan fingerprint density at radius 2 is 1.97 bits per heavy atom. The number of guanidine groups is 1. The fourth-order valence-electron chi connectivity index (χ4n) is 3.49. The Kier molecular flexibility index (Phi) is 5.50. The van der Waals surface area contributed by atoms with E-state index in [1.54, 1.807) is 12.4 Å². The van der Waals surface area contributed by atoms with Crippen LogP contribution in [0.1, 0.15) is 18.5 Å². The van der Waals surface area contributed by atoms with Gasteiger partial charge in [0, 0.05) is 10.2 Å². The van der Waals surface area contributed by atoms with Gasteiger partial charge in [0.1, 0.15) is 16.9 Å². The van der Waals surface area contributed by atoms with Crippen LogP contribution in [0.15, 0.2) is 72.9 Å². The Bertz CT molecular complexity index is 1320. The lowest BCUT2D eigenvalue weighted by Crippen LogP contribution is -2.37. The first-order valence-corrected chi connectivity index (χ1v) is 11.3. The predicted octanol–water partition coefficient (Wildman–Crippen LogP) is 4.68. The summed E-state index contributed by atoms with van der Waals surface area (Å²) in [6.07, 6.45) is 0. The number of oxazole rings is 1. The summed E-state index contributed by atoms with van der Waals surface area (Å²) < 4.78 is 6.59. The summed E-state index contributed by atoms with van der Waals surface area (Å²) in [6, 6.07) is 14.9. The first kappa shape index (κ1) is 20.5. The molecule has 0 bridgehead atoms. The molecular weight excluding hydrogens is 494 g/mol. The van der Waals surface area contributed by atoms with Crippen molar-refractivity contribution in [3.63, 3.8) is 0 Å². The van der Waals surface area contributed by atoms with Gasteiger partial charge in [0.15, 0.2) is 5.58 Å². The van der Waals surface area contributed by atoms with Crippen molar-refractivity contribution in [2.75, 3.05) is 10.6 Å². The summed E-state index contributed by atoms with van der Waals surface area (Å²) in [5.41, 5.74) is 4.40. The van der Waals surface area contributed by atoms with E-state index in [0.29, 0.717) is 22.4 Å². The number of benzene rings is 2. The number of rotatable bonds is 4. The molecule has 5 rings (SSSR count). The zero-order chi connectivity index (χ0) is 22.1. The fraction of sp³-hybridized carbons (Fsp3) is 0.143. The molecule has 11 heteroatoms. The van der Waals surface area contributed by atoms with E-state index < -0.39 is 12.0 Å². The first-order chi connectivity index (χ1) is 15.6. The van der Waals surface area contributed by atoms with Crippen molar-refractivity contribution < 1.29 is 9.21 Å². The molecule has 2 aromatic carbocycles. The van der Waals surface area contributed by atoms with Gasteiger partial charge < -0.3 is 4.42 Å². The molecule has 0 saturated carbocycles. The molecule has 2 atom stereocenters. The third kappa shape index (κ3) is 4.04. The number of carbonyl (C=O) groups excluding carboxylic acids is 1. The van der Waals surface area contributed by atoms with Gasteiger partial charge in [-0.1, -0.05) is 57.6 Å². The van der Waals surface area contributed by atoms with E-state index in [0.717, 1.165) is 15.6 Å². The molecule has 32 heavy (non-hydrogen) atoms. The predicted molar refractivity (Wildman–Crippen MR) is 127 cm³/mol. The Morgan fingerprint density at radius 3 is 2.75 bits per heavy atom. The molecule has 160 valence electrons. The lowest BCUT2D eigenvalue weighted by Gasteiger charge is -2.28. The highest BCUT2D eigenvalue weighted by atomic mass is 79.9. The van der Waals surface area contributed by atoms with E-state index in [1.165, 1.54) is 11.3 Å². The second-order valence-corrected chi connectivity index (χ2v) is 8.68. The van der Waals surface area contributed by atoms with Crippen molar-refractivity contribution in [1.29, 1.82) is 0 Å². The van der Waals surface area contributed by atoms with E-state index in [1.807, 2.05) is 48.5 Å². The number of nitrogens with zero attached hydrogens (tertiary/aromatic N) is 5. The molecule has 4 aromatic rings. The minimum Gasteiger partial charge on any atom is -0.423 e. The number of hydrogen-bond donors (Lipinski definition) is 2. The third-order valence-electron chi connectivity index (χ3n) is 4.92. The number of anilines is 2. The maximum absolute atomic E-state index is 13.2. The topological polar surface area (TPSA) is 118 Å². The number of aliphatic imine (C=N–C) groups is 2. The molecule has 3 heterocycles. The van der Waals surface area contributed by atoms with Crippen LogP contribution in [-0.4, -0.2) is 32.8 Å². The van der Waals surface area contributed by atoms with E-state index in [2.05, 4.69) is 46.7 Å². The van der Waals surface area contributed by atoms with Crippen LogP contribution in [0.2, 0.25) is 0 Å². The third-order valence-corrected chi connectivity index (χ3v) is 6.25. The number of aromatic nitrogens is 3. The van der Waals surface area contributed by atoms with Gasteiger partial charge in [0.05, 0.1) is 6.04 Å². The number of nitrogens with one attached hydrogen (secondary N) is 2. The summed E-state index contributed by atoms with van der Waals surface area (Å²) in [5, 5.41) is 13.9. The van der Waals surface area contributed by atoms with Gasteiger partial charge in [-0.25, -0.2) is 9.98 Å². The van der Waals surface area contributed by atoms with Crippen LogP contribution in [0.5, 0.6) is 0 Å². The molecule has 0 aliphatic carbocycles. The average molecular weight is 510 g/mol. The van der Waals surface area contributed by atoms with Gasteiger partial charge in [-0.15, -0.1) is 10.2 Å². The van der Waals surface area contributed by atoms with Crippen molar-refractivity contribution >= 4 is 67.1 Å². The minimum absolute atomic E-state index is 0.256. The van der Waals surface area contributed by atoms with Crippen LogP contribution in [-0.2, 0) is 4.79 Å². The van der Waals surface area contributed by atoms with Gasteiger partial charge >= 0.3 is 6.01 Å². The highest BCUT2D eigenvalue weighted by Crippen LogP contribution is 2.36. The summed E-state index contributed by atoms with van der Waals surface area (Å²) >= 11 is 4.84. The van der Waals surface area contributed by atoms with E-state index in [9.17, 15) is 4.79 Å². The molecule has 2 unspecified atom stereocenters. The minimum atomic E-state index is -0.633. The van der Waals surface area contributed by atoms with E-state index >= 15 is 0 Å². The van der Waals surface area contributed by atoms with Crippen molar-refractivity contribution in [3.8, 4) is 0 Å². The summed E-state index contributed by atoms with van der Waals surface area (Å²) in [4.78, 5) is 26.9. The first-order valence-electron chi connectivity index (χ1n) is 9.65. The lowest BCUT2D eigenvalue weighted by atomic mass is 9.88. The van der Waals surface area contributed by atoms with Crippen LogP contribution in [0.3, 0.4) is 0 Å². The second-order valence-electron chi connectivity index (χ2n) is 6.99. The van der Waals surface area contributed by atoms with Gasteiger partial charge in [-0.3, -0.25) is 15.4 Å². The van der Waals surface area contributed by atoms with Gasteiger partial charge in [0.25, 0.3) is 0 Å². The quantitative estimate of drug-likeness (QED) is 0.412. The summed E-state index contributed by atoms with van der Waals surface area (Å²) in [5.74, 6) is -0.574. The molecule has 0 fully saturated rings. The molecule has 1 aliphatic heterocycles. The van der Waals surface area contributed by atoms with Crippen LogP contribution < -0.4 is 10.6 Å². The number of fused-ring (bicyclic) bond motifs is 1. The van der Waals surface area contributed by atoms with Gasteiger partial charge in [-0.05, 0) is 30.7 Å². The molecular formula is C21H16BrN7O2S. The molecule has 2 aromatic heterocycles. The number of hydrogen-bond acceptors (Lipinski definition) is 9. The normalized spacial score (nSPS) is 18.2. The summed E-state index contributed by atoms with van der Waals surface area (Å²) in [7, 11) is 0. The average Bonchev–Trinajstić information content (AvgIpc) is 3.42. The lowest BCUT2D eigenvalue weighted by molar-refractivity contribution is -0.118. The molecule has 1 amide bonds. The zero-order valence-corrected chi connectivity index (χ0v) is 19.1. The molecule has 0 saturated heterocycles. The molecule has 9 nitrogen and oxygen atoms in total. The van der Waals surface area contributed by atoms with Gasteiger partial charge in [-0.2, -0.15) is 4.98 Å². The number of amides is 1. The Hall–Kier alpha value is -3.44. The monoisotopic (exact) mass is 509 g/mol. The molecule has 2 N–H and O–H groups in total. The van der Waals surface area contributed by atoms with Crippen LogP contribution in [0.4, 0.5) is 11.1 Å². The smallest absolute Gasteiger partial charge is 0.302 e. The fourth-order valence-corrected chi connectivity index (χ4v) is 4.46. The van der Waals surface area contributed by atoms with Crippen molar-refractivity contribution in [2.45, 2.75) is 13.0 Å². The largest absolute Gasteiger partial charge is 0.423 e. The van der Waals surface area contributed by atoms with E-state index in [-0.39, 0.29) is 11.9 Å². The number of carbonyl (C=O) groups is 1. The van der Waals surface area contributed by atoms with Crippen molar-refractivity contribution in [3.05, 3.63) is 64.1 Å². The highest BCUT2D eigenvalue weighted by molar-refractivity contribution is 9.10. The standard InChI is InChI=1S/C21H16BrN7O2S/c1-11-16(18(30)27-21-29-23-10-32-21)17(12-6-2-3-7-13(12)22)26-19(24-11)28-20-25-14-8-4-5-9-15(14)31-20/h2-10,16-17H,1H3,(H,25,26,28)(H,27,29,30). The molecule has 0 radical (unpaired) electrons. The summed E-state index contributed by atoms with van der Waals surface area (Å²) in [6.45, 7) is 1.80. The Balaban J connectivity index is 1.50. The van der Waals surface area contributed by atoms with Crippen LogP contribution >= 0.6 is 27.3 Å². The zero-order valence-electron chi connectivity index (χ0n) is 16.7. The Labute approximate surface area is 194 Å². The van der Waals surface area contributed by atoms with Crippen LogP contribution in [0.25, 0.3) is 11.1 Å². The number of halogens is 1. The van der Waals surface area contributed by atoms with Crippen LogP contribution in [0, 0.1) is 5.92 Å². The maximum atomic E-state index is 13.2. The maximum Gasteiger partial charge on any atom is 0.302 e. The highest BCUT2D eigenvalue weighted by Gasteiger charge is 2.37. The van der Waals surface area contributed by atoms with E-state index in [4.69, 9.17) is 9.41 Å². The Morgan fingerprint density at radius 1 is 1.16 bits per heavy atom. The second kappa shape index (κ2) is 8.60. The van der Waals surface area contributed by atoms with Crippen molar-refractivity contribution in [1.82, 2.24) is 15.2 Å². The molecule has 1 aliphatic rings. The number of para-hydroxylation sites is 2. The van der Waals surface area contributed by atoms with Gasteiger partial charge in [0.2, 0.25) is 17.0 Å². The molecule has 0 spiro atoms. The SMILES string of the molecule is CC1=NC(Nc2nc3ccccc3o2)=NC(c2ccccc2Br)C1C(=O)Nc1nncs1. The van der Waals surface area contributed by atoms with Crippen molar-refractivity contribution in [2.24, 2.45) is 15.9 Å².